The lowest BCUT2D eigenvalue weighted by Crippen LogP contribution is -2.34. The van der Waals surface area contributed by atoms with Crippen molar-refractivity contribution in [2.75, 3.05) is 19.1 Å². The number of thiocarbonyl (C=S) groups is 1. The fourth-order valence-electron chi connectivity index (χ4n) is 3.99. The number of aromatic amines is 1. The van der Waals surface area contributed by atoms with E-state index < -0.39 is 0 Å². The second-order valence-electron chi connectivity index (χ2n) is 7.22. The smallest absolute Gasteiger partial charge is 0.150 e. The maximum absolute atomic E-state index is 5.85. The molecule has 5 heteroatoms. The lowest BCUT2D eigenvalue weighted by molar-refractivity contribution is 0.415. The second-order valence-corrected chi connectivity index (χ2v) is 7.63. The van der Waals surface area contributed by atoms with Crippen molar-refractivity contribution in [3.63, 3.8) is 0 Å². The third-order valence-electron chi connectivity index (χ3n) is 5.56. The monoisotopic (exact) mass is 379 g/mol. The second kappa shape index (κ2) is 7.69. The zero-order valence-electron chi connectivity index (χ0n) is 15.9. The Morgan fingerprint density at radius 2 is 1.93 bits per heavy atom. The van der Waals surface area contributed by atoms with Crippen molar-refractivity contribution in [1.29, 1.82) is 0 Å². The minimum Gasteiger partial charge on any atom is -0.497 e. The number of rotatable bonds is 5. The van der Waals surface area contributed by atoms with Gasteiger partial charge in [0.15, 0.2) is 0 Å². The van der Waals surface area contributed by atoms with Crippen LogP contribution in [0.25, 0.3) is 11.0 Å². The average molecular weight is 380 g/mol. The lowest BCUT2D eigenvalue weighted by atomic mass is 9.93. The van der Waals surface area contributed by atoms with Gasteiger partial charge < -0.3 is 14.6 Å². The zero-order chi connectivity index (χ0) is 18.8. The zero-order valence-corrected chi connectivity index (χ0v) is 16.7. The molecule has 0 spiro atoms. The highest BCUT2D eigenvalue weighted by Gasteiger charge is 2.22. The van der Waals surface area contributed by atoms with E-state index in [4.69, 9.17) is 21.9 Å². The van der Waals surface area contributed by atoms with Gasteiger partial charge in [-0.2, -0.15) is 0 Å². The van der Waals surface area contributed by atoms with E-state index in [1.54, 1.807) is 7.11 Å². The van der Waals surface area contributed by atoms with Gasteiger partial charge in [-0.05, 0) is 31.0 Å². The molecule has 0 amide bonds. The molecule has 0 radical (unpaired) electrons. The minimum atomic E-state index is 0.586. The molecule has 1 heterocycles. The van der Waals surface area contributed by atoms with E-state index in [1.807, 2.05) is 24.3 Å². The van der Waals surface area contributed by atoms with Crippen molar-refractivity contribution in [2.24, 2.45) is 0 Å². The third kappa shape index (κ3) is 3.56. The molecule has 0 atom stereocenters. The number of nitrogens with one attached hydrogen (secondary N) is 1. The first-order valence-electron chi connectivity index (χ1n) is 9.57. The summed E-state index contributed by atoms with van der Waals surface area (Å²) >= 11 is 5.85. The number of methoxy groups -OCH3 is 1. The Bertz CT molecular complexity index is 959. The molecule has 3 aromatic rings. The summed E-state index contributed by atoms with van der Waals surface area (Å²) in [6.45, 7) is 0. The van der Waals surface area contributed by atoms with Gasteiger partial charge in [0, 0.05) is 30.4 Å². The molecule has 1 N–H and O–H groups in total. The van der Waals surface area contributed by atoms with E-state index in [0.29, 0.717) is 6.04 Å². The molecule has 27 heavy (non-hydrogen) atoms. The molecule has 0 unspecified atom stereocenters. The number of benzene rings is 2. The van der Waals surface area contributed by atoms with Crippen molar-refractivity contribution in [2.45, 2.75) is 38.1 Å². The van der Waals surface area contributed by atoms with E-state index in [9.17, 15) is 0 Å². The number of nitrogens with zero attached hydrogens (tertiary/aromatic N) is 2. The van der Waals surface area contributed by atoms with E-state index in [0.717, 1.165) is 33.0 Å². The molecular formula is C22H25N3OS. The van der Waals surface area contributed by atoms with Gasteiger partial charge in [-0.3, -0.25) is 0 Å². The molecule has 0 aliphatic heterocycles. The molecule has 1 aliphatic carbocycles. The van der Waals surface area contributed by atoms with E-state index in [-0.39, 0.29) is 0 Å². The summed E-state index contributed by atoms with van der Waals surface area (Å²) in [4.78, 5) is 11.2. The van der Waals surface area contributed by atoms with Gasteiger partial charge in [0.1, 0.15) is 11.6 Å². The number of ether oxygens (including phenoxy) is 1. The summed E-state index contributed by atoms with van der Waals surface area (Å²) in [6.07, 6.45) is 6.48. The van der Waals surface area contributed by atoms with Gasteiger partial charge in [-0.15, -0.1) is 0 Å². The molecule has 4 nitrogen and oxygen atoms in total. The average Bonchev–Trinajstić information content (AvgIpc) is 3.16. The molecule has 1 fully saturated rings. The number of hydrogen-bond acceptors (Lipinski definition) is 4. The summed E-state index contributed by atoms with van der Waals surface area (Å²) in [6, 6.07) is 14.8. The van der Waals surface area contributed by atoms with Crippen LogP contribution in [0.4, 0.5) is 5.69 Å². The van der Waals surface area contributed by atoms with Crippen LogP contribution >= 0.6 is 12.2 Å². The van der Waals surface area contributed by atoms with E-state index in [1.165, 1.54) is 37.8 Å². The maximum atomic E-state index is 5.85. The number of aromatic nitrogens is 2. The SMILES string of the molecule is COc1ccc2[nH]c(C(=S)c3ccccc3N(C)C3CCCCC3)nc2c1. The lowest BCUT2D eigenvalue weighted by Gasteiger charge is -2.34. The van der Waals surface area contributed by atoms with Crippen LogP contribution in [-0.4, -0.2) is 35.0 Å². The van der Waals surface area contributed by atoms with Gasteiger partial charge >= 0.3 is 0 Å². The first-order chi connectivity index (χ1) is 13.2. The highest BCUT2D eigenvalue weighted by atomic mass is 32.1. The molecule has 4 rings (SSSR count). The fourth-order valence-corrected chi connectivity index (χ4v) is 4.26. The predicted octanol–water partition coefficient (Wildman–Crippen LogP) is 5.11. The van der Waals surface area contributed by atoms with Crippen LogP contribution in [0.1, 0.15) is 43.5 Å². The van der Waals surface area contributed by atoms with Crippen molar-refractivity contribution in [3.05, 3.63) is 53.9 Å². The highest BCUT2D eigenvalue weighted by Crippen LogP contribution is 2.30. The molecule has 1 saturated carbocycles. The summed E-state index contributed by atoms with van der Waals surface area (Å²) in [5.41, 5.74) is 4.08. The van der Waals surface area contributed by atoms with E-state index in [2.05, 4.69) is 35.1 Å². The molecule has 1 aromatic heterocycles. The predicted molar refractivity (Wildman–Crippen MR) is 115 cm³/mol. The third-order valence-corrected chi connectivity index (χ3v) is 5.97. The van der Waals surface area contributed by atoms with Crippen LogP contribution in [0.3, 0.4) is 0 Å². The summed E-state index contributed by atoms with van der Waals surface area (Å²) in [5, 5.41) is 0. The fraction of sp³-hybridized carbons (Fsp3) is 0.364. The number of anilines is 1. The first kappa shape index (κ1) is 18.0. The molecule has 1 aliphatic rings. The van der Waals surface area contributed by atoms with Gasteiger partial charge in [0.2, 0.25) is 0 Å². The summed E-state index contributed by atoms with van der Waals surface area (Å²) in [7, 11) is 3.86. The summed E-state index contributed by atoms with van der Waals surface area (Å²) < 4.78 is 5.30. The van der Waals surface area contributed by atoms with Gasteiger partial charge in [0.05, 0.1) is 23.0 Å². The van der Waals surface area contributed by atoms with Crippen molar-refractivity contribution < 1.29 is 4.74 Å². The van der Waals surface area contributed by atoms with Gasteiger partial charge in [-0.1, -0.05) is 49.7 Å². The Morgan fingerprint density at radius 1 is 1.15 bits per heavy atom. The maximum Gasteiger partial charge on any atom is 0.150 e. The largest absolute Gasteiger partial charge is 0.497 e. The number of fused-ring (bicyclic) bond motifs is 1. The van der Waals surface area contributed by atoms with Crippen LogP contribution in [0, 0.1) is 0 Å². The normalized spacial score (nSPS) is 15.0. The van der Waals surface area contributed by atoms with Crippen LogP contribution in [-0.2, 0) is 0 Å². The van der Waals surface area contributed by atoms with Crippen LogP contribution in [0.5, 0.6) is 5.75 Å². The van der Waals surface area contributed by atoms with Crippen molar-refractivity contribution in [3.8, 4) is 5.75 Å². The van der Waals surface area contributed by atoms with Crippen molar-refractivity contribution >= 4 is 33.8 Å². The Labute approximate surface area is 165 Å². The summed E-state index contributed by atoms with van der Waals surface area (Å²) in [5.74, 6) is 1.53. The number of H-pyrrole nitrogens is 1. The van der Waals surface area contributed by atoms with E-state index >= 15 is 0 Å². The Morgan fingerprint density at radius 3 is 2.70 bits per heavy atom. The van der Waals surface area contributed by atoms with Crippen LogP contribution in [0.15, 0.2) is 42.5 Å². The highest BCUT2D eigenvalue weighted by molar-refractivity contribution is 7.81. The quantitative estimate of drug-likeness (QED) is 0.494. The molecule has 0 saturated heterocycles. The Kier molecular flexibility index (Phi) is 5.12. The number of imidazole rings is 1. The molecular weight excluding hydrogens is 354 g/mol. The Balaban J connectivity index is 1.68. The topological polar surface area (TPSA) is 41.1 Å². The Hall–Kier alpha value is -2.40. The van der Waals surface area contributed by atoms with Crippen molar-refractivity contribution in [1.82, 2.24) is 9.97 Å². The van der Waals surface area contributed by atoms with Gasteiger partial charge in [0.25, 0.3) is 0 Å². The standard InChI is InChI=1S/C22H25N3OS/c1-25(15-8-4-3-5-9-15)20-11-7-6-10-17(20)21(27)22-23-18-13-12-16(26-2)14-19(18)24-22/h6-7,10-15H,3-5,8-9H2,1-2H3,(H,23,24). The number of hydrogen-bond donors (Lipinski definition) is 1. The minimum absolute atomic E-state index is 0.586. The molecule has 2 aromatic carbocycles. The molecule has 0 bridgehead atoms. The molecule has 140 valence electrons. The number of para-hydroxylation sites is 1. The van der Waals surface area contributed by atoms with Crippen LogP contribution in [0.2, 0.25) is 0 Å². The van der Waals surface area contributed by atoms with Gasteiger partial charge in [-0.25, -0.2) is 4.98 Å². The van der Waals surface area contributed by atoms with Crippen LogP contribution < -0.4 is 9.64 Å². The first-order valence-corrected chi connectivity index (χ1v) is 9.98.